The molecule has 1 aliphatic heterocycles. The van der Waals surface area contributed by atoms with Crippen LogP contribution in [-0.4, -0.2) is 59.6 Å². The van der Waals surface area contributed by atoms with Crippen molar-refractivity contribution in [2.45, 2.75) is 33.8 Å². The first-order chi connectivity index (χ1) is 14.0. The molecule has 8 nitrogen and oxygen atoms in total. The highest BCUT2D eigenvalue weighted by molar-refractivity contribution is 5.79. The van der Waals surface area contributed by atoms with Gasteiger partial charge in [0.1, 0.15) is 18.1 Å². The summed E-state index contributed by atoms with van der Waals surface area (Å²) in [5, 5.41) is 6.71. The van der Waals surface area contributed by atoms with Gasteiger partial charge in [0.05, 0.1) is 17.7 Å². The van der Waals surface area contributed by atoms with Crippen molar-refractivity contribution < 1.29 is 18.8 Å². The van der Waals surface area contributed by atoms with E-state index >= 15 is 0 Å². The van der Waals surface area contributed by atoms with Crippen LogP contribution in [-0.2, 0) is 17.8 Å². The summed E-state index contributed by atoms with van der Waals surface area (Å²) in [6.45, 7) is 8.90. The maximum atomic E-state index is 12.6. The van der Waals surface area contributed by atoms with Crippen molar-refractivity contribution in [2.24, 2.45) is 0 Å². The summed E-state index contributed by atoms with van der Waals surface area (Å²) in [6.07, 6.45) is 0.339. The van der Waals surface area contributed by atoms with E-state index in [1.54, 1.807) is 4.90 Å². The van der Waals surface area contributed by atoms with E-state index in [0.29, 0.717) is 45.8 Å². The second-order valence-electron chi connectivity index (χ2n) is 7.12. The molecule has 1 fully saturated rings. The number of nitrogens with zero attached hydrogens (tertiary/aromatic N) is 3. The molecule has 0 radical (unpaired) electrons. The van der Waals surface area contributed by atoms with Gasteiger partial charge in [-0.15, -0.1) is 0 Å². The van der Waals surface area contributed by atoms with Crippen LogP contribution in [0.2, 0.25) is 0 Å². The van der Waals surface area contributed by atoms with Gasteiger partial charge in [-0.25, -0.2) is 4.79 Å². The Labute approximate surface area is 170 Å². The van der Waals surface area contributed by atoms with Crippen LogP contribution in [0.5, 0.6) is 5.75 Å². The minimum atomic E-state index is -0.0632. The molecule has 1 aromatic heterocycles. The molecular weight excluding hydrogens is 372 g/mol. The molecule has 0 bridgehead atoms. The quantitative estimate of drug-likeness (QED) is 0.804. The Morgan fingerprint density at radius 1 is 1.10 bits per heavy atom. The summed E-state index contributed by atoms with van der Waals surface area (Å²) in [4.78, 5) is 28.0. The highest BCUT2D eigenvalue weighted by Crippen LogP contribution is 2.18. The molecule has 1 N–H and O–H groups in total. The molecule has 156 valence electrons. The smallest absolute Gasteiger partial charge is 0.317 e. The Balaban J connectivity index is 1.47. The SMILES string of the molecule is CCNC(=O)N1CCN(C(=O)Cc2ccc(OCc3c(C)noc3C)cc2)CC1. The van der Waals surface area contributed by atoms with Crippen molar-refractivity contribution in [1.82, 2.24) is 20.3 Å². The third-order valence-electron chi connectivity index (χ3n) is 5.09. The fraction of sp³-hybridized carbons (Fsp3) is 0.476. The molecule has 0 unspecified atom stereocenters. The fourth-order valence-electron chi connectivity index (χ4n) is 3.28. The number of benzene rings is 1. The molecule has 1 saturated heterocycles. The van der Waals surface area contributed by atoms with Crippen LogP contribution in [0.15, 0.2) is 28.8 Å². The van der Waals surface area contributed by atoms with Crippen LogP contribution in [0, 0.1) is 13.8 Å². The number of carbonyl (C=O) groups excluding carboxylic acids is 2. The molecule has 29 heavy (non-hydrogen) atoms. The minimum Gasteiger partial charge on any atom is -0.489 e. The van der Waals surface area contributed by atoms with E-state index < -0.39 is 0 Å². The summed E-state index contributed by atoms with van der Waals surface area (Å²) in [5.74, 6) is 1.57. The minimum absolute atomic E-state index is 0.0632. The molecular formula is C21H28N4O4. The average Bonchev–Trinajstić information content (AvgIpc) is 3.05. The number of aromatic nitrogens is 1. The van der Waals surface area contributed by atoms with E-state index in [9.17, 15) is 9.59 Å². The number of nitrogens with one attached hydrogen (secondary N) is 1. The van der Waals surface area contributed by atoms with Gasteiger partial charge in [0, 0.05) is 32.7 Å². The standard InChI is InChI=1S/C21H28N4O4/c1-4-22-21(27)25-11-9-24(10-12-25)20(26)13-17-5-7-18(8-6-17)28-14-19-15(2)23-29-16(19)3/h5-8H,4,9-14H2,1-3H3,(H,22,27). The van der Waals surface area contributed by atoms with Crippen molar-refractivity contribution in [3.8, 4) is 5.75 Å². The topological polar surface area (TPSA) is 87.9 Å². The number of ether oxygens (including phenoxy) is 1. The molecule has 0 saturated carbocycles. The lowest BCUT2D eigenvalue weighted by atomic mass is 10.1. The summed E-state index contributed by atoms with van der Waals surface area (Å²) >= 11 is 0. The summed E-state index contributed by atoms with van der Waals surface area (Å²) in [6, 6.07) is 7.49. The first-order valence-corrected chi connectivity index (χ1v) is 9.92. The Hall–Kier alpha value is -3.03. The lowest BCUT2D eigenvalue weighted by Gasteiger charge is -2.34. The number of carbonyl (C=O) groups is 2. The van der Waals surface area contributed by atoms with Crippen molar-refractivity contribution >= 4 is 11.9 Å². The van der Waals surface area contributed by atoms with Gasteiger partial charge < -0.3 is 24.4 Å². The zero-order chi connectivity index (χ0) is 20.8. The zero-order valence-corrected chi connectivity index (χ0v) is 17.2. The van der Waals surface area contributed by atoms with Crippen LogP contribution in [0.1, 0.15) is 29.5 Å². The number of hydrogen-bond acceptors (Lipinski definition) is 5. The van der Waals surface area contributed by atoms with Gasteiger partial charge in [-0.05, 0) is 38.5 Å². The van der Waals surface area contributed by atoms with Gasteiger partial charge in [-0.2, -0.15) is 0 Å². The Morgan fingerprint density at radius 3 is 2.34 bits per heavy atom. The molecule has 0 atom stereocenters. The molecule has 8 heteroatoms. The third kappa shape index (κ3) is 5.28. The normalized spacial score (nSPS) is 14.0. The number of hydrogen-bond donors (Lipinski definition) is 1. The lowest BCUT2D eigenvalue weighted by Crippen LogP contribution is -2.53. The molecule has 1 aliphatic rings. The number of aryl methyl sites for hydroxylation is 2. The van der Waals surface area contributed by atoms with Gasteiger partial charge in [0.2, 0.25) is 5.91 Å². The van der Waals surface area contributed by atoms with Crippen LogP contribution >= 0.6 is 0 Å². The fourth-order valence-corrected chi connectivity index (χ4v) is 3.28. The van der Waals surface area contributed by atoms with Crippen molar-refractivity contribution in [3.63, 3.8) is 0 Å². The van der Waals surface area contributed by atoms with E-state index in [4.69, 9.17) is 9.26 Å². The summed E-state index contributed by atoms with van der Waals surface area (Å²) < 4.78 is 10.9. The van der Waals surface area contributed by atoms with E-state index in [-0.39, 0.29) is 11.9 Å². The molecule has 0 spiro atoms. The first kappa shape index (κ1) is 20.7. The van der Waals surface area contributed by atoms with Crippen LogP contribution in [0.3, 0.4) is 0 Å². The van der Waals surface area contributed by atoms with Crippen molar-refractivity contribution in [2.75, 3.05) is 32.7 Å². The second-order valence-corrected chi connectivity index (χ2v) is 7.12. The Kier molecular flexibility index (Phi) is 6.74. The maximum absolute atomic E-state index is 12.6. The van der Waals surface area contributed by atoms with Gasteiger partial charge >= 0.3 is 6.03 Å². The lowest BCUT2D eigenvalue weighted by molar-refractivity contribution is -0.131. The molecule has 3 rings (SSSR count). The maximum Gasteiger partial charge on any atom is 0.317 e. The first-order valence-electron chi connectivity index (χ1n) is 9.92. The third-order valence-corrected chi connectivity index (χ3v) is 5.09. The van der Waals surface area contributed by atoms with Crippen LogP contribution < -0.4 is 10.1 Å². The highest BCUT2D eigenvalue weighted by Gasteiger charge is 2.23. The van der Waals surface area contributed by atoms with Crippen LogP contribution in [0.4, 0.5) is 4.79 Å². The highest BCUT2D eigenvalue weighted by atomic mass is 16.5. The zero-order valence-electron chi connectivity index (χ0n) is 17.2. The van der Waals surface area contributed by atoms with Crippen LogP contribution in [0.25, 0.3) is 0 Å². The number of rotatable bonds is 6. The van der Waals surface area contributed by atoms with E-state index in [1.165, 1.54) is 0 Å². The van der Waals surface area contributed by atoms with E-state index in [1.807, 2.05) is 49.9 Å². The molecule has 2 heterocycles. The molecule has 1 aromatic carbocycles. The number of piperazine rings is 1. The Bertz CT molecular complexity index is 819. The van der Waals surface area contributed by atoms with Gasteiger partial charge in [-0.3, -0.25) is 4.79 Å². The average molecular weight is 400 g/mol. The van der Waals surface area contributed by atoms with Gasteiger partial charge in [-0.1, -0.05) is 17.3 Å². The van der Waals surface area contributed by atoms with Crippen molar-refractivity contribution in [3.05, 3.63) is 46.8 Å². The predicted octanol–water partition coefficient (Wildman–Crippen LogP) is 2.29. The van der Waals surface area contributed by atoms with Crippen molar-refractivity contribution in [1.29, 1.82) is 0 Å². The second kappa shape index (κ2) is 9.45. The molecule has 0 aliphatic carbocycles. The number of urea groups is 1. The number of amides is 3. The predicted molar refractivity (Wildman–Crippen MR) is 108 cm³/mol. The van der Waals surface area contributed by atoms with E-state index in [0.717, 1.165) is 28.3 Å². The molecule has 3 amide bonds. The largest absolute Gasteiger partial charge is 0.489 e. The van der Waals surface area contributed by atoms with E-state index in [2.05, 4.69) is 10.5 Å². The monoisotopic (exact) mass is 400 g/mol. The molecule has 2 aromatic rings. The summed E-state index contributed by atoms with van der Waals surface area (Å²) in [7, 11) is 0. The summed E-state index contributed by atoms with van der Waals surface area (Å²) in [5.41, 5.74) is 2.72. The Morgan fingerprint density at radius 2 is 1.76 bits per heavy atom. The van der Waals surface area contributed by atoms with Gasteiger partial charge in [0.25, 0.3) is 0 Å². The van der Waals surface area contributed by atoms with Gasteiger partial charge in [0.15, 0.2) is 0 Å².